The molecular formula is C37H32N2. The Balaban J connectivity index is 1.32. The van der Waals surface area contributed by atoms with Crippen LogP contribution in [0.1, 0.15) is 37.5 Å². The van der Waals surface area contributed by atoms with E-state index in [2.05, 4.69) is 112 Å². The zero-order valence-electron chi connectivity index (χ0n) is 22.7. The van der Waals surface area contributed by atoms with Crippen LogP contribution in [0.5, 0.6) is 0 Å². The zero-order chi connectivity index (χ0) is 26.8. The van der Waals surface area contributed by atoms with Gasteiger partial charge in [-0.3, -0.25) is 0 Å². The van der Waals surface area contributed by atoms with Crippen LogP contribution in [0.4, 0.5) is 0 Å². The van der Waals surface area contributed by atoms with Gasteiger partial charge in [-0.25, -0.2) is 9.97 Å². The van der Waals surface area contributed by atoms with Crippen LogP contribution in [0.15, 0.2) is 133 Å². The minimum atomic E-state index is 0.00101. The maximum Gasteiger partial charge on any atom is 0.160 e. The summed E-state index contributed by atoms with van der Waals surface area (Å²) in [5.41, 5.74) is 11.9. The molecule has 0 amide bonds. The van der Waals surface area contributed by atoms with Gasteiger partial charge in [-0.15, -0.1) is 0 Å². The molecule has 0 aliphatic heterocycles. The normalized spacial score (nSPS) is 16.0. The summed E-state index contributed by atoms with van der Waals surface area (Å²) in [5, 5.41) is 0. The summed E-state index contributed by atoms with van der Waals surface area (Å²) in [4.78, 5) is 9.88. The van der Waals surface area contributed by atoms with E-state index < -0.39 is 0 Å². The van der Waals surface area contributed by atoms with E-state index in [0.717, 1.165) is 40.3 Å². The number of allylic oxidation sites excluding steroid dienone is 4. The van der Waals surface area contributed by atoms with E-state index in [4.69, 9.17) is 9.97 Å². The Morgan fingerprint density at radius 1 is 0.641 bits per heavy atom. The van der Waals surface area contributed by atoms with Gasteiger partial charge in [0, 0.05) is 22.1 Å². The van der Waals surface area contributed by atoms with Gasteiger partial charge in [-0.05, 0) is 47.2 Å². The Morgan fingerprint density at radius 3 is 1.85 bits per heavy atom. The van der Waals surface area contributed by atoms with E-state index in [0.29, 0.717) is 0 Å². The molecule has 2 heteroatoms. The van der Waals surface area contributed by atoms with Crippen LogP contribution < -0.4 is 0 Å². The summed E-state index contributed by atoms with van der Waals surface area (Å²) in [6.07, 6.45) is 5.56. The fourth-order valence-corrected chi connectivity index (χ4v) is 5.67. The van der Waals surface area contributed by atoms with Gasteiger partial charge in [-0.1, -0.05) is 135 Å². The second-order valence-corrected chi connectivity index (χ2v) is 10.6. The molecule has 5 aromatic rings. The molecule has 0 saturated carbocycles. The molecule has 2 nitrogen and oxygen atoms in total. The van der Waals surface area contributed by atoms with Gasteiger partial charge in [0.25, 0.3) is 0 Å². The molecule has 1 aliphatic rings. The lowest BCUT2D eigenvalue weighted by molar-refractivity contribution is 0.658. The van der Waals surface area contributed by atoms with Crippen molar-refractivity contribution in [1.82, 2.24) is 9.97 Å². The lowest BCUT2D eigenvalue weighted by Crippen LogP contribution is -2.15. The first-order valence-corrected chi connectivity index (χ1v) is 13.6. The monoisotopic (exact) mass is 504 g/mol. The molecule has 0 atom stereocenters. The van der Waals surface area contributed by atoms with Crippen LogP contribution in [0.3, 0.4) is 0 Å². The van der Waals surface area contributed by atoms with Crippen molar-refractivity contribution in [3.63, 3.8) is 0 Å². The third-order valence-electron chi connectivity index (χ3n) is 7.76. The number of rotatable bonds is 5. The summed E-state index contributed by atoms with van der Waals surface area (Å²) < 4.78 is 0. The maximum atomic E-state index is 4.97. The topological polar surface area (TPSA) is 25.8 Å². The van der Waals surface area contributed by atoms with Crippen LogP contribution in [-0.2, 0) is 11.8 Å². The van der Waals surface area contributed by atoms with E-state index in [1.807, 2.05) is 36.4 Å². The molecular weight excluding hydrogens is 472 g/mol. The van der Waals surface area contributed by atoms with Crippen LogP contribution in [0.2, 0.25) is 0 Å². The van der Waals surface area contributed by atoms with Gasteiger partial charge in [0.05, 0.1) is 11.4 Å². The largest absolute Gasteiger partial charge is 0.228 e. The third kappa shape index (κ3) is 4.75. The first-order valence-electron chi connectivity index (χ1n) is 13.6. The molecule has 190 valence electrons. The summed E-state index contributed by atoms with van der Waals surface area (Å²) in [7, 11) is 0. The molecule has 4 aromatic carbocycles. The van der Waals surface area contributed by atoms with E-state index in [-0.39, 0.29) is 5.41 Å². The van der Waals surface area contributed by atoms with Gasteiger partial charge in [0.1, 0.15) is 0 Å². The van der Waals surface area contributed by atoms with E-state index in [9.17, 15) is 0 Å². The van der Waals surface area contributed by atoms with Gasteiger partial charge in [0.2, 0.25) is 0 Å². The number of fused-ring (bicyclic) bond motifs is 1. The Labute approximate surface area is 231 Å². The molecule has 39 heavy (non-hydrogen) atoms. The Bertz CT molecular complexity index is 1620. The first-order chi connectivity index (χ1) is 19.0. The number of hydrogen-bond donors (Lipinski definition) is 0. The lowest BCUT2D eigenvalue weighted by Gasteiger charge is -2.22. The highest BCUT2D eigenvalue weighted by atomic mass is 14.9. The maximum absolute atomic E-state index is 4.97. The summed E-state index contributed by atoms with van der Waals surface area (Å²) in [6.45, 7) is 6.81. The van der Waals surface area contributed by atoms with Crippen LogP contribution in [0, 0.1) is 0 Å². The van der Waals surface area contributed by atoms with Gasteiger partial charge in [-0.2, -0.15) is 0 Å². The second-order valence-electron chi connectivity index (χ2n) is 10.6. The smallest absolute Gasteiger partial charge is 0.160 e. The average molecular weight is 505 g/mol. The van der Waals surface area contributed by atoms with Crippen molar-refractivity contribution in [3.8, 4) is 33.9 Å². The van der Waals surface area contributed by atoms with Crippen molar-refractivity contribution < 1.29 is 0 Å². The summed E-state index contributed by atoms with van der Waals surface area (Å²) in [5.74, 6) is 0.739. The minimum absolute atomic E-state index is 0.00101. The van der Waals surface area contributed by atoms with E-state index in [1.165, 1.54) is 27.8 Å². The summed E-state index contributed by atoms with van der Waals surface area (Å²) in [6, 6.07) is 40.2. The average Bonchev–Trinajstić information content (AvgIpc) is 3.22. The molecule has 1 aromatic heterocycles. The number of nitrogens with zero attached hydrogens (tertiary/aromatic N) is 2. The Kier molecular flexibility index (Phi) is 6.54. The Morgan fingerprint density at radius 2 is 1.21 bits per heavy atom. The molecule has 0 N–H and O–H groups in total. The van der Waals surface area contributed by atoms with Crippen LogP contribution in [0.25, 0.3) is 39.5 Å². The highest BCUT2D eigenvalue weighted by Gasteiger charge is 2.37. The van der Waals surface area contributed by atoms with Crippen molar-refractivity contribution in [2.24, 2.45) is 0 Å². The molecule has 0 bridgehead atoms. The predicted molar refractivity (Wildman–Crippen MR) is 163 cm³/mol. The number of benzene rings is 4. The van der Waals surface area contributed by atoms with Gasteiger partial charge in [0.15, 0.2) is 5.82 Å². The van der Waals surface area contributed by atoms with Crippen molar-refractivity contribution in [2.45, 2.75) is 32.6 Å². The molecule has 1 heterocycles. The van der Waals surface area contributed by atoms with Gasteiger partial charge >= 0.3 is 0 Å². The van der Waals surface area contributed by atoms with Crippen molar-refractivity contribution in [1.29, 1.82) is 0 Å². The highest BCUT2D eigenvalue weighted by molar-refractivity contribution is 5.89. The molecule has 0 spiro atoms. The standard InChI is InChI=1S/C37H32N2/c1-4-30-31-17-11-12-18-32(31)37(2,3)33(30)24-21-26-19-22-28(23-20-26)35-25-34(27-13-7-5-8-14-27)38-36(39-35)29-15-9-6-10-16-29/h4-20,22-25H,21H2,1-3H3/b30-4?,33-24+. The fraction of sp³-hybridized carbons (Fsp3) is 0.135. The van der Waals surface area contributed by atoms with Crippen LogP contribution >= 0.6 is 0 Å². The molecule has 0 unspecified atom stereocenters. The predicted octanol–water partition coefficient (Wildman–Crippen LogP) is 9.34. The lowest BCUT2D eigenvalue weighted by atomic mass is 9.81. The molecule has 0 radical (unpaired) electrons. The first kappa shape index (κ1) is 24.8. The van der Waals surface area contributed by atoms with Crippen molar-refractivity contribution >= 4 is 5.57 Å². The van der Waals surface area contributed by atoms with Crippen molar-refractivity contribution in [3.05, 3.63) is 150 Å². The van der Waals surface area contributed by atoms with E-state index >= 15 is 0 Å². The quantitative estimate of drug-likeness (QED) is 0.238. The van der Waals surface area contributed by atoms with Crippen LogP contribution in [-0.4, -0.2) is 9.97 Å². The van der Waals surface area contributed by atoms with E-state index in [1.54, 1.807) is 0 Å². The second kappa shape index (κ2) is 10.3. The Hall–Kier alpha value is -4.56. The number of hydrogen-bond acceptors (Lipinski definition) is 2. The zero-order valence-corrected chi connectivity index (χ0v) is 22.7. The van der Waals surface area contributed by atoms with Gasteiger partial charge < -0.3 is 0 Å². The fourth-order valence-electron chi connectivity index (χ4n) is 5.67. The summed E-state index contributed by atoms with van der Waals surface area (Å²) >= 11 is 0. The molecule has 0 fully saturated rings. The minimum Gasteiger partial charge on any atom is -0.228 e. The molecule has 6 rings (SSSR count). The molecule has 1 aliphatic carbocycles. The third-order valence-corrected chi connectivity index (χ3v) is 7.76. The SMILES string of the molecule is CC=C1/C(=C\Cc2ccc(-c3cc(-c4ccccc4)nc(-c4ccccc4)n3)cc2)C(C)(C)c2ccccc21. The molecule has 0 saturated heterocycles. The number of aromatic nitrogens is 2. The highest BCUT2D eigenvalue weighted by Crippen LogP contribution is 2.49. The van der Waals surface area contributed by atoms with Crippen molar-refractivity contribution in [2.75, 3.05) is 0 Å².